The van der Waals surface area contributed by atoms with Gasteiger partial charge in [0.25, 0.3) is 5.91 Å². The molecule has 0 atom stereocenters. The number of amides is 1. The molecule has 0 bridgehead atoms. The van der Waals surface area contributed by atoms with Crippen LogP contribution in [0.3, 0.4) is 0 Å². The summed E-state index contributed by atoms with van der Waals surface area (Å²) >= 11 is 1.18. The molecule has 0 saturated heterocycles. The summed E-state index contributed by atoms with van der Waals surface area (Å²) in [6, 6.07) is 8.33. The standard InChI is InChI=1S/C19H10F6N4O2S/c20-18(21,22)15-8-13(14-2-1-7-32-14)28-16-12(9-26-29(15)16)17(30)27-10-3-5-11(6-4-10)31-19(23,24)25/h1-9H,(H,27,30). The Balaban J connectivity index is 1.68. The van der Waals surface area contributed by atoms with Gasteiger partial charge in [-0.2, -0.15) is 18.3 Å². The molecule has 166 valence electrons. The van der Waals surface area contributed by atoms with E-state index in [0.29, 0.717) is 9.39 Å². The highest BCUT2D eigenvalue weighted by Crippen LogP contribution is 2.34. The number of hydrogen-bond donors (Lipinski definition) is 1. The van der Waals surface area contributed by atoms with Crippen LogP contribution in [0.15, 0.2) is 54.0 Å². The summed E-state index contributed by atoms with van der Waals surface area (Å²) in [5, 5.41) is 7.72. The van der Waals surface area contributed by atoms with Crippen molar-refractivity contribution in [2.24, 2.45) is 0 Å². The van der Waals surface area contributed by atoms with E-state index in [-0.39, 0.29) is 22.6 Å². The second-order valence-corrected chi connectivity index (χ2v) is 7.27. The molecule has 6 nitrogen and oxygen atoms in total. The molecule has 4 rings (SSSR count). The van der Waals surface area contributed by atoms with Crippen molar-refractivity contribution in [1.82, 2.24) is 14.6 Å². The van der Waals surface area contributed by atoms with E-state index in [0.717, 1.165) is 36.5 Å². The molecule has 13 heteroatoms. The number of hydrogen-bond acceptors (Lipinski definition) is 5. The number of halogens is 6. The summed E-state index contributed by atoms with van der Waals surface area (Å²) in [4.78, 5) is 17.3. The molecule has 3 heterocycles. The van der Waals surface area contributed by atoms with Crippen LogP contribution >= 0.6 is 11.3 Å². The molecule has 0 spiro atoms. The first kappa shape index (κ1) is 21.6. The summed E-state index contributed by atoms with van der Waals surface area (Å²) in [7, 11) is 0. The van der Waals surface area contributed by atoms with E-state index in [1.54, 1.807) is 17.5 Å². The van der Waals surface area contributed by atoms with Gasteiger partial charge in [0.05, 0.1) is 16.8 Å². The van der Waals surface area contributed by atoms with Crippen molar-refractivity contribution in [2.75, 3.05) is 5.32 Å². The Morgan fingerprint density at radius 2 is 1.78 bits per heavy atom. The maximum atomic E-state index is 13.6. The van der Waals surface area contributed by atoms with E-state index in [2.05, 4.69) is 20.1 Å². The maximum Gasteiger partial charge on any atom is 0.573 e. The minimum Gasteiger partial charge on any atom is -0.406 e. The maximum absolute atomic E-state index is 13.6. The number of thiophene rings is 1. The molecule has 0 radical (unpaired) electrons. The van der Waals surface area contributed by atoms with Gasteiger partial charge < -0.3 is 10.1 Å². The lowest BCUT2D eigenvalue weighted by Gasteiger charge is -2.11. The van der Waals surface area contributed by atoms with Gasteiger partial charge in [-0.1, -0.05) is 6.07 Å². The Morgan fingerprint density at radius 1 is 1.06 bits per heavy atom. The first-order valence-corrected chi connectivity index (χ1v) is 9.56. The predicted octanol–water partition coefficient (Wildman–Crippen LogP) is 5.63. The van der Waals surface area contributed by atoms with Gasteiger partial charge in [0, 0.05) is 5.69 Å². The molecule has 1 amide bonds. The SMILES string of the molecule is O=C(Nc1ccc(OC(F)(F)F)cc1)c1cnn2c(C(F)(F)F)cc(-c3cccs3)nc12. The molecule has 0 aliphatic heterocycles. The Labute approximate surface area is 179 Å². The fraction of sp³-hybridized carbons (Fsp3) is 0.105. The normalized spacial score (nSPS) is 12.2. The highest BCUT2D eigenvalue weighted by Gasteiger charge is 2.36. The fourth-order valence-corrected chi connectivity index (χ4v) is 3.50. The smallest absolute Gasteiger partial charge is 0.406 e. The summed E-state index contributed by atoms with van der Waals surface area (Å²) in [5.74, 6) is -1.34. The summed E-state index contributed by atoms with van der Waals surface area (Å²) in [5.41, 5.74) is -1.57. The number of anilines is 1. The number of carbonyl (C=O) groups excluding carboxylic acids is 1. The first-order valence-electron chi connectivity index (χ1n) is 8.68. The minimum absolute atomic E-state index is 0.0167. The quantitative estimate of drug-likeness (QED) is 0.391. The molecular weight excluding hydrogens is 462 g/mol. The third-order valence-electron chi connectivity index (χ3n) is 4.13. The van der Waals surface area contributed by atoms with Crippen molar-refractivity contribution in [3.63, 3.8) is 0 Å². The zero-order valence-electron chi connectivity index (χ0n) is 15.5. The average Bonchev–Trinajstić information content (AvgIpc) is 3.36. The highest BCUT2D eigenvalue weighted by molar-refractivity contribution is 7.13. The van der Waals surface area contributed by atoms with Crippen molar-refractivity contribution in [1.29, 1.82) is 0 Å². The van der Waals surface area contributed by atoms with Gasteiger partial charge in [-0.15, -0.1) is 24.5 Å². The van der Waals surface area contributed by atoms with Crippen molar-refractivity contribution < 1.29 is 35.9 Å². The van der Waals surface area contributed by atoms with Crippen molar-refractivity contribution >= 4 is 28.6 Å². The van der Waals surface area contributed by atoms with Gasteiger partial charge in [-0.05, 0) is 41.8 Å². The molecular formula is C19H10F6N4O2S. The number of rotatable bonds is 4. The highest BCUT2D eigenvalue weighted by atomic mass is 32.1. The number of nitrogens with zero attached hydrogens (tertiary/aromatic N) is 3. The van der Waals surface area contributed by atoms with E-state index in [4.69, 9.17) is 0 Å². The van der Waals surface area contributed by atoms with Gasteiger partial charge in [0.1, 0.15) is 11.3 Å². The first-order chi connectivity index (χ1) is 15.0. The van der Waals surface area contributed by atoms with Crippen molar-refractivity contribution in [2.45, 2.75) is 12.5 Å². The topological polar surface area (TPSA) is 68.5 Å². The van der Waals surface area contributed by atoms with Gasteiger partial charge >= 0.3 is 12.5 Å². The summed E-state index contributed by atoms with van der Waals surface area (Å²) in [6.07, 6.45) is -8.70. The number of nitrogens with one attached hydrogen (secondary N) is 1. The van der Waals surface area contributed by atoms with E-state index < -0.39 is 29.9 Å². The fourth-order valence-electron chi connectivity index (χ4n) is 2.81. The van der Waals surface area contributed by atoms with E-state index in [1.807, 2.05) is 0 Å². The molecule has 1 aromatic carbocycles. The zero-order valence-corrected chi connectivity index (χ0v) is 16.3. The Hall–Kier alpha value is -3.61. The van der Waals surface area contributed by atoms with Crippen LogP contribution in [0.2, 0.25) is 0 Å². The lowest BCUT2D eigenvalue weighted by Crippen LogP contribution is -2.17. The van der Waals surface area contributed by atoms with Gasteiger partial charge in [0.2, 0.25) is 0 Å². The van der Waals surface area contributed by atoms with Crippen LogP contribution in [0.5, 0.6) is 5.75 Å². The number of benzene rings is 1. The van der Waals surface area contributed by atoms with Crippen LogP contribution < -0.4 is 10.1 Å². The van der Waals surface area contributed by atoms with Crippen LogP contribution in [0.25, 0.3) is 16.2 Å². The lowest BCUT2D eigenvalue weighted by molar-refractivity contribution is -0.274. The Bertz CT molecular complexity index is 1260. The van der Waals surface area contributed by atoms with Crippen molar-refractivity contribution in [3.8, 4) is 16.3 Å². The largest absolute Gasteiger partial charge is 0.573 e. The number of aromatic nitrogens is 3. The molecule has 0 saturated carbocycles. The monoisotopic (exact) mass is 472 g/mol. The number of fused-ring (bicyclic) bond motifs is 1. The number of alkyl halides is 6. The summed E-state index contributed by atoms with van der Waals surface area (Å²) in [6.45, 7) is 0. The molecule has 0 unspecified atom stereocenters. The molecule has 0 aliphatic carbocycles. The van der Waals surface area contributed by atoms with E-state index in [1.165, 1.54) is 11.3 Å². The van der Waals surface area contributed by atoms with Crippen molar-refractivity contribution in [3.05, 3.63) is 65.3 Å². The minimum atomic E-state index is -4.87. The molecule has 4 aromatic rings. The average molecular weight is 472 g/mol. The Morgan fingerprint density at radius 3 is 2.38 bits per heavy atom. The second kappa shape index (κ2) is 7.82. The molecule has 0 aliphatic rings. The molecule has 1 N–H and O–H groups in total. The number of ether oxygens (including phenoxy) is 1. The van der Waals surface area contributed by atoms with Gasteiger partial charge in [0.15, 0.2) is 11.3 Å². The van der Waals surface area contributed by atoms with Gasteiger partial charge in [-0.25, -0.2) is 9.50 Å². The lowest BCUT2D eigenvalue weighted by atomic mass is 10.2. The van der Waals surface area contributed by atoms with Crippen LogP contribution in [0, 0.1) is 0 Å². The van der Waals surface area contributed by atoms with Crippen LogP contribution in [-0.4, -0.2) is 26.9 Å². The van der Waals surface area contributed by atoms with Gasteiger partial charge in [-0.3, -0.25) is 4.79 Å². The zero-order chi connectivity index (χ0) is 23.1. The number of carbonyl (C=O) groups is 1. The molecule has 0 fully saturated rings. The van der Waals surface area contributed by atoms with E-state index >= 15 is 0 Å². The van der Waals surface area contributed by atoms with Crippen LogP contribution in [0.1, 0.15) is 16.1 Å². The third kappa shape index (κ3) is 4.51. The molecule has 3 aromatic heterocycles. The Kier molecular flexibility index (Phi) is 5.28. The summed E-state index contributed by atoms with van der Waals surface area (Å²) < 4.78 is 81.7. The van der Waals surface area contributed by atoms with Crippen LogP contribution in [-0.2, 0) is 6.18 Å². The van der Waals surface area contributed by atoms with Crippen LogP contribution in [0.4, 0.5) is 32.0 Å². The predicted molar refractivity (Wildman–Crippen MR) is 102 cm³/mol. The second-order valence-electron chi connectivity index (χ2n) is 6.32. The molecule has 32 heavy (non-hydrogen) atoms. The van der Waals surface area contributed by atoms with E-state index in [9.17, 15) is 31.1 Å². The third-order valence-corrected chi connectivity index (χ3v) is 5.02.